The fourth-order valence-electron chi connectivity index (χ4n) is 2.81. The number of likely N-dealkylation sites (N-methyl/N-ethyl adjacent to an activating group) is 1. The van der Waals surface area contributed by atoms with E-state index in [4.69, 9.17) is 4.74 Å². The summed E-state index contributed by atoms with van der Waals surface area (Å²) in [5.74, 6) is 0.477. The summed E-state index contributed by atoms with van der Waals surface area (Å²) in [5.41, 5.74) is 1.21. The number of hydrogen-bond donors (Lipinski definition) is 1. The van der Waals surface area contributed by atoms with Gasteiger partial charge in [0.1, 0.15) is 0 Å². The van der Waals surface area contributed by atoms with E-state index in [1.165, 1.54) is 5.56 Å². The lowest BCUT2D eigenvalue weighted by Gasteiger charge is -2.21. The third-order valence-electron chi connectivity index (χ3n) is 4.17. The second-order valence-corrected chi connectivity index (χ2v) is 5.52. The number of rotatable bonds is 7. The number of carbonyl (C=O) groups is 1. The molecule has 0 spiro atoms. The van der Waals surface area contributed by atoms with Gasteiger partial charge < -0.3 is 10.1 Å². The Morgan fingerprint density at radius 1 is 1.29 bits per heavy atom. The third kappa shape index (κ3) is 4.55. The summed E-state index contributed by atoms with van der Waals surface area (Å²) in [6.07, 6.45) is 1.12. The largest absolute Gasteiger partial charge is 0.373 e. The van der Waals surface area contributed by atoms with Crippen molar-refractivity contribution in [1.29, 1.82) is 0 Å². The van der Waals surface area contributed by atoms with Crippen LogP contribution in [0.5, 0.6) is 0 Å². The Labute approximate surface area is 127 Å². The zero-order valence-corrected chi connectivity index (χ0v) is 13.0. The molecule has 1 aromatic carbocycles. The summed E-state index contributed by atoms with van der Waals surface area (Å²) in [7, 11) is 0. The molecule has 116 valence electrons. The minimum Gasteiger partial charge on any atom is -0.373 e. The summed E-state index contributed by atoms with van der Waals surface area (Å²) in [6, 6.07) is 10.3. The second-order valence-electron chi connectivity index (χ2n) is 5.52. The van der Waals surface area contributed by atoms with Crippen LogP contribution in [-0.2, 0) is 9.53 Å². The number of nitrogens with one attached hydrogen (secondary N) is 1. The molecule has 0 aliphatic carbocycles. The van der Waals surface area contributed by atoms with E-state index in [2.05, 4.69) is 36.2 Å². The number of hydrogen-bond acceptors (Lipinski definition) is 3. The van der Waals surface area contributed by atoms with Gasteiger partial charge in [-0.1, -0.05) is 44.2 Å². The molecule has 1 N–H and O–H groups in total. The van der Waals surface area contributed by atoms with Crippen molar-refractivity contribution in [2.45, 2.75) is 26.4 Å². The number of benzene rings is 1. The predicted molar refractivity (Wildman–Crippen MR) is 84.0 cm³/mol. The van der Waals surface area contributed by atoms with Gasteiger partial charge in [0.15, 0.2) is 0 Å². The number of nitrogens with zero attached hydrogens (tertiary/aromatic N) is 1. The van der Waals surface area contributed by atoms with Crippen molar-refractivity contribution in [1.82, 2.24) is 10.2 Å². The zero-order valence-electron chi connectivity index (χ0n) is 13.0. The van der Waals surface area contributed by atoms with Crippen LogP contribution in [-0.4, -0.2) is 43.6 Å². The highest BCUT2D eigenvalue weighted by molar-refractivity contribution is 5.78. The molecule has 1 fully saturated rings. The molecule has 1 aliphatic rings. The summed E-state index contributed by atoms with van der Waals surface area (Å²) in [4.78, 5) is 14.1. The summed E-state index contributed by atoms with van der Waals surface area (Å²) in [5, 5.41) is 3.06. The fraction of sp³-hybridized carbons (Fsp3) is 0.588. The van der Waals surface area contributed by atoms with Crippen LogP contribution in [0.1, 0.15) is 31.9 Å². The van der Waals surface area contributed by atoms with Crippen molar-refractivity contribution in [2.24, 2.45) is 5.92 Å². The van der Waals surface area contributed by atoms with E-state index in [0.29, 0.717) is 19.0 Å². The third-order valence-corrected chi connectivity index (χ3v) is 4.17. The normalized spacial score (nSPS) is 21.7. The van der Waals surface area contributed by atoms with E-state index in [1.54, 1.807) is 0 Å². The Balaban J connectivity index is 1.83. The SMILES string of the molecule is CCN(CC)CC(=O)NC[C@@H]1CCO[C@H]1c1ccccc1. The molecule has 21 heavy (non-hydrogen) atoms. The minimum absolute atomic E-state index is 0.109. The zero-order chi connectivity index (χ0) is 15.1. The number of amides is 1. The molecule has 2 atom stereocenters. The van der Waals surface area contributed by atoms with Crippen molar-refractivity contribution in [3.8, 4) is 0 Å². The first-order valence-corrected chi connectivity index (χ1v) is 7.90. The van der Waals surface area contributed by atoms with Crippen molar-refractivity contribution in [2.75, 3.05) is 32.8 Å². The quantitative estimate of drug-likeness (QED) is 0.837. The van der Waals surface area contributed by atoms with Crippen LogP contribution in [0.25, 0.3) is 0 Å². The van der Waals surface area contributed by atoms with Crippen LogP contribution in [0.2, 0.25) is 0 Å². The summed E-state index contributed by atoms with van der Waals surface area (Å²) < 4.78 is 5.85. The lowest BCUT2D eigenvalue weighted by Crippen LogP contribution is -2.39. The fourth-order valence-corrected chi connectivity index (χ4v) is 2.81. The molecule has 1 heterocycles. The van der Waals surface area contributed by atoms with Gasteiger partial charge in [-0.05, 0) is 25.1 Å². The van der Waals surface area contributed by atoms with Gasteiger partial charge in [0.05, 0.1) is 12.6 Å². The molecule has 1 aliphatic heterocycles. The monoisotopic (exact) mass is 290 g/mol. The summed E-state index contributed by atoms with van der Waals surface area (Å²) in [6.45, 7) is 7.92. The van der Waals surface area contributed by atoms with Crippen LogP contribution in [0.15, 0.2) is 30.3 Å². The van der Waals surface area contributed by atoms with E-state index in [9.17, 15) is 4.79 Å². The Kier molecular flexibility index (Phi) is 6.21. The maximum Gasteiger partial charge on any atom is 0.234 e. The lowest BCUT2D eigenvalue weighted by molar-refractivity contribution is -0.122. The van der Waals surface area contributed by atoms with Gasteiger partial charge in [0.2, 0.25) is 5.91 Å². The van der Waals surface area contributed by atoms with Gasteiger partial charge in [-0.25, -0.2) is 0 Å². The Morgan fingerprint density at radius 2 is 2.00 bits per heavy atom. The molecular formula is C17H26N2O2. The number of carbonyl (C=O) groups excluding carboxylic acids is 1. The maximum atomic E-state index is 12.0. The molecule has 4 heteroatoms. The highest BCUT2D eigenvalue weighted by atomic mass is 16.5. The van der Waals surface area contributed by atoms with Gasteiger partial charge in [0.25, 0.3) is 0 Å². The first kappa shape index (κ1) is 16.0. The van der Waals surface area contributed by atoms with Gasteiger partial charge in [0, 0.05) is 19.1 Å². The molecule has 0 bridgehead atoms. The Morgan fingerprint density at radius 3 is 2.67 bits per heavy atom. The molecule has 1 amide bonds. The molecule has 4 nitrogen and oxygen atoms in total. The van der Waals surface area contributed by atoms with E-state index in [0.717, 1.165) is 26.1 Å². The van der Waals surface area contributed by atoms with Gasteiger partial charge >= 0.3 is 0 Å². The van der Waals surface area contributed by atoms with Crippen molar-refractivity contribution < 1.29 is 9.53 Å². The molecule has 2 rings (SSSR count). The molecule has 1 aromatic rings. The first-order chi connectivity index (χ1) is 10.2. The highest BCUT2D eigenvalue weighted by Gasteiger charge is 2.29. The van der Waals surface area contributed by atoms with Crippen molar-refractivity contribution >= 4 is 5.91 Å². The highest BCUT2D eigenvalue weighted by Crippen LogP contribution is 2.33. The topological polar surface area (TPSA) is 41.6 Å². The molecule has 0 saturated carbocycles. The molecule has 0 unspecified atom stereocenters. The number of ether oxygens (including phenoxy) is 1. The van der Waals surface area contributed by atoms with Crippen LogP contribution < -0.4 is 5.32 Å². The smallest absolute Gasteiger partial charge is 0.234 e. The van der Waals surface area contributed by atoms with Gasteiger partial charge in [-0.15, -0.1) is 0 Å². The molecule has 1 saturated heterocycles. The van der Waals surface area contributed by atoms with E-state index in [-0.39, 0.29) is 12.0 Å². The average Bonchev–Trinajstić information content (AvgIpc) is 3.00. The van der Waals surface area contributed by atoms with E-state index >= 15 is 0 Å². The van der Waals surface area contributed by atoms with Crippen molar-refractivity contribution in [3.63, 3.8) is 0 Å². The van der Waals surface area contributed by atoms with Gasteiger partial charge in [-0.2, -0.15) is 0 Å². The van der Waals surface area contributed by atoms with E-state index in [1.807, 2.05) is 18.2 Å². The maximum absolute atomic E-state index is 12.0. The van der Waals surface area contributed by atoms with Gasteiger partial charge in [-0.3, -0.25) is 9.69 Å². The van der Waals surface area contributed by atoms with Crippen LogP contribution in [0.4, 0.5) is 0 Å². The summed E-state index contributed by atoms with van der Waals surface area (Å²) >= 11 is 0. The van der Waals surface area contributed by atoms with Crippen LogP contribution in [0, 0.1) is 5.92 Å². The Hall–Kier alpha value is -1.39. The van der Waals surface area contributed by atoms with Crippen LogP contribution >= 0.6 is 0 Å². The predicted octanol–water partition coefficient (Wildman–Crippen LogP) is 2.22. The van der Waals surface area contributed by atoms with E-state index < -0.39 is 0 Å². The first-order valence-electron chi connectivity index (χ1n) is 7.90. The van der Waals surface area contributed by atoms with Crippen molar-refractivity contribution in [3.05, 3.63) is 35.9 Å². The Bertz CT molecular complexity index is 432. The second kappa shape index (κ2) is 8.15. The molecular weight excluding hydrogens is 264 g/mol. The molecule has 0 aromatic heterocycles. The lowest BCUT2D eigenvalue weighted by atomic mass is 9.95. The standard InChI is InChI=1S/C17H26N2O2/c1-3-19(4-2)13-16(20)18-12-15-10-11-21-17(15)14-8-6-5-7-9-14/h5-9,15,17H,3-4,10-13H2,1-2H3,(H,18,20)/t15-,17-/m0/s1. The average molecular weight is 290 g/mol. The molecule has 0 radical (unpaired) electrons. The van der Waals surface area contributed by atoms with Crippen LogP contribution in [0.3, 0.4) is 0 Å². The minimum atomic E-state index is 0.109.